The van der Waals surface area contributed by atoms with Gasteiger partial charge < -0.3 is 5.73 Å². The molecule has 4 heteroatoms. The summed E-state index contributed by atoms with van der Waals surface area (Å²) in [7, 11) is 0. The van der Waals surface area contributed by atoms with Gasteiger partial charge in [-0.05, 0) is 30.7 Å². The Morgan fingerprint density at radius 1 is 1.06 bits per heavy atom. The molecule has 2 rings (SSSR count). The molecule has 0 fully saturated rings. The van der Waals surface area contributed by atoms with E-state index in [-0.39, 0.29) is 5.56 Å². The van der Waals surface area contributed by atoms with Crippen molar-refractivity contribution in [1.29, 1.82) is 0 Å². The lowest BCUT2D eigenvalue weighted by Gasteiger charge is -2.09. The molecule has 0 spiro atoms. The largest absolute Gasteiger partial charge is 0.394 e. The molecular weight excluding hydrogens is 244 g/mol. The van der Waals surface area contributed by atoms with E-state index >= 15 is 0 Å². The molecule has 0 bridgehead atoms. The predicted octanol–water partition coefficient (Wildman–Crippen LogP) is 4.18. The van der Waals surface area contributed by atoms with Crippen molar-refractivity contribution in [2.45, 2.75) is 6.92 Å². The first kappa shape index (κ1) is 11.9. The van der Waals surface area contributed by atoms with E-state index < -0.39 is 17.3 Å². The monoisotopic (exact) mass is 253 g/mol. The van der Waals surface area contributed by atoms with Gasteiger partial charge in [-0.3, -0.25) is 0 Å². The number of anilines is 1. The first-order valence-corrected chi connectivity index (χ1v) is 5.38. The fraction of sp³-hybridized carbons (Fsp3) is 0.0769. The number of nitrogen functional groups attached to an aromatic ring is 1. The molecule has 0 unspecified atom stereocenters. The van der Waals surface area contributed by atoms with Crippen LogP contribution in [0.4, 0.5) is 14.5 Å². The zero-order chi connectivity index (χ0) is 12.6. The summed E-state index contributed by atoms with van der Waals surface area (Å²) in [5.74, 6) is -1.55. The molecule has 0 saturated heterocycles. The van der Waals surface area contributed by atoms with Gasteiger partial charge in [0.15, 0.2) is 5.82 Å². The van der Waals surface area contributed by atoms with Crippen molar-refractivity contribution in [2.24, 2.45) is 0 Å². The molecule has 0 atom stereocenters. The van der Waals surface area contributed by atoms with Crippen LogP contribution >= 0.6 is 11.6 Å². The van der Waals surface area contributed by atoms with Crippen molar-refractivity contribution in [3.8, 4) is 11.1 Å². The molecule has 2 N–H and O–H groups in total. The third-order valence-corrected chi connectivity index (χ3v) is 2.85. The maximum Gasteiger partial charge on any atom is 0.156 e. The Balaban J connectivity index is 2.65. The highest BCUT2D eigenvalue weighted by Crippen LogP contribution is 2.33. The van der Waals surface area contributed by atoms with Crippen LogP contribution in [0.2, 0.25) is 5.02 Å². The van der Waals surface area contributed by atoms with Gasteiger partial charge in [0.05, 0.1) is 0 Å². The second-order valence-corrected chi connectivity index (χ2v) is 4.21. The Kier molecular flexibility index (Phi) is 3.03. The average Bonchev–Trinajstić information content (AvgIpc) is 2.28. The summed E-state index contributed by atoms with van der Waals surface area (Å²) in [6, 6.07) is 7.67. The Hall–Kier alpha value is -1.61. The van der Waals surface area contributed by atoms with Gasteiger partial charge in [0.25, 0.3) is 0 Å². The van der Waals surface area contributed by atoms with Crippen molar-refractivity contribution in [2.75, 3.05) is 5.73 Å². The summed E-state index contributed by atoms with van der Waals surface area (Å²) < 4.78 is 26.8. The Labute approximate surface area is 103 Å². The van der Waals surface area contributed by atoms with Crippen LogP contribution in [0.3, 0.4) is 0 Å². The molecule has 1 nitrogen and oxygen atoms in total. The standard InChI is InChI=1S/C13H10ClF2N/c1-7-2-3-8(10(14)6-7)9-4-5-11(15)13(17)12(9)16/h2-6H,17H2,1H3. The maximum atomic E-state index is 13.8. The van der Waals surface area contributed by atoms with E-state index in [0.717, 1.165) is 11.6 Å². The Morgan fingerprint density at radius 2 is 1.71 bits per heavy atom. The summed E-state index contributed by atoms with van der Waals surface area (Å²) >= 11 is 6.03. The van der Waals surface area contributed by atoms with E-state index in [2.05, 4.69) is 0 Å². The highest BCUT2D eigenvalue weighted by molar-refractivity contribution is 6.33. The third kappa shape index (κ3) is 2.11. The zero-order valence-electron chi connectivity index (χ0n) is 9.10. The van der Waals surface area contributed by atoms with Crippen LogP contribution in [-0.4, -0.2) is 0 Å². The summed E-state index contributed by atoms with van der Waals surface area (Å²) in [6.07, 6.45) is 0. The first-order valence-electron chi connectivity index (χ1n) is 5.00. The second-order valence-electron chi connectivity index (χ2n) is 3.81. The fourth-order valence-electron chi connectivity index (χ4n) is 1.62. The molecule has 0 aromatic heterocycles. The van der Waals surface area contributed by atoms with Gasteiger partial charge in [-0.15, -0.1) is 0 Å². The van der Waals surface area contributed by atoms with E-state index in [4.69, 9.17) is 17.3 Å². The van der Waals surface area contributed by atoms with E-state index in [1.807, 2.05) is 6.92 Å². The predicted molar refractivity (Wildman–Crippen MR) is 66.0 cm³/mol. The second kappa shape index (κ2) is 4.34. The van der Waals surface area contributed by atoms with Crippen molar-refractivity contribution >= 4 is 17.3 Å². The van der Waals surface area contributed by atoms with Gasteiger partial charge >= 0.3 is 0 Å². The number of aryl methyl sites for hydroxylation is 1. The quantitative estimate of drug-likeness (QED) is 0.758. The van der Waals surface area contributed by atoms with Crippen LogP contribution in [0.25, 0.3) is 11.1 Å². The van der Waals surface area contributed by atoms with Crippen LogP contribution in [0.1, 0.15) is 5.56 Å². The lowest BCUT2D eigenvalue weighted by Crippen LogP contribution is -1.97. The van der Waals surface area contributed by atoms with E-state index in [1.165, 1.54) is 6.07 Å². The molecule has 0 saturated carbocycles. The molecule has 0 aliphatic carbocycles. The summed E-state index contributed by atoms with van der Waals surface area (Å²) in [4.78, 5) is 0. The van der Waals surface area contributed by atoms with Crippen molar-refractivity contribution in [3.63, 3.8) is 0 Å². The lowest BCUT2D eigenvalue weighted by molar-refractivity contribution is 0.594. The van der Waals surface area contributed by atoms with Gasteiger partial charge in [-0.2, -0.15) is 0 Å². The van der Waals surface area contributed by atoms with E-state index in [1.54, 1.807) is 18.2 Å². The minimum atomic E-state index is -0.782. The third-order valence-electron chi connectivity index (χ3n) is 2.54. The van der Waals surface area contributed by atoms with E-state index in [0.29, 0.717) is 10.6 Å². The molecule has 17 heavy (non-hydrogen) atoms. The van der Waals surface area contributed by atoms with Crippen molar-refractivity contribution < 1.29 is 8.78 Å². The van der Waals surface area contributed by atoms with Crippen molar-refractivity contribution in [1.82, 2.24) is 0 Å². The Bertz CT molecular complexity index is 582. The topological polar surface area (TPSA) is 26.0 Å². The lowest BCUT2D eigenvalue weighted by atomic mass is 10.0. The summed E-state index contributed by atoms with van der Waals surface area (Å²) in [5.41, 5.74) is 6.49. The van der Waals surface area contributed by atoms with E-state index in [9.17, 15) is 8.78 Å². The number of rotatable bonds is 1. The number of benzene rings is 2. The van der Waals surface area contributed by atoms with Crippen LogP contribution < -0.4 is 5.73 Å². The molecule has 2 aromatic rings. The summed E-state index contributed by atoms with van der Waals surface area (Å²) in [5, 5.41) is 0.412. The van der Waals surface area contributed by atoms with Gasteiger partial charge in [-0.25, -0.2) is 8.78 Å². The number of hydrogen-bond donors (Lipinski definition) is 1. The average molecular weight is 254 g/mol. The van der Waals surface area contributed by atoms with Crippen LogP contribution in [0.15, 0.2) is 30.3 Å². The molecule has 88 valence electrons. The SMILES string of the molecule is Cc1ccc(-c2ccc(F)c(N)c2F)c(Cl)c1. The molecule has 0 aliphatic rings. The van der Waals surface area contributed by atoms with Gasteiger partial charge in [0.2, 0.25) is 0 Å². The molecule has 0 aliphatic heterocycles. The van der Waals surface area contributed by atoms with Gasteiger partial charge in [-0.1, -0.05) is 23.7 Å². The smallest absolute Gasteiger partial charge is 0.156 e. The minimum absolute atomic E-state index is 0.203. The van der Waals surface area contributed by atoms with Gasteiger partial charge in [0.1, 0.15) is 11.5 Å². The molecule has 2 aromatic carbocycles. The highest BCUT2D eigenvalue weighted by Gasteiger charge is 2.14. The number of hydrogen-bond acceptors (Lipinski definition) is 1. The van der Waals surface area contributed by atoms with Crippen LogP contribution in [0, 0.1) is 18.6 Å². The molecular formula is C13H10ClF2N. The van der Waals surface area contributed by atoms with Crippen LogP contribution in [-0.2, 0) is 0 Å². The maximum absolute atomic E-state index is 13.8. The van der Waals surface area contributed by atoms with Gasteiger partial charge in [0, 0.05) is 16.1 Å². The fourth-order valence-corrected chi connectivity index (χ4v) is 1.95. The summed E-state index contributed by atoms with van der Waals surface area (Å²) in [6.45, 7) is 1.88. The zero-order valence-corrected chi connectivity index (χ0v) is 9.85. The highest BCUT2D eigenvalue weighted by atomic mass is 35.5. The minimum Gasteiger partial charge on any atom is -0.394 e. The normalized spacial score (nSPS) is 10.6. The van der Waals surface area contributed by atoms with Crippen molar-refractivity contribution in [3.05, 3.63) is 52.6 Å². The first-order chi connectivity index (χ1) is 8.00. The molecule has 0 radical (unpaired) electrons. The number of nitrogens with two attached hydrogens (primary N) is 1. The Morgan fingerprint density at radius 3 is 2.35 bits per heavy atom. The van der Waals surface area contributed by atoms with Crippen LogP contribution in [0.5, 0.6) is 0 Å². The molecule has 0 amide bonds. The molecule has 0 heterocycles. The number of halogens is 3.